The normalized spacial score (nSPS) is 31.4. The molecule has 0 saturated heterocycles. The molecular weight excluding hydrogens is 272 g/mol. The molecule has 114 valence electrons. The predicted molar refractivity (Wildman–Crippen MR) is 73.2 cm³/mol. The van der Waals surface area contributed by atoms with Crippen molar-refractivity contribution in [3.63, 3.8) is 0 Å². The minimum atomic E-state index is -1.13. The summed E-state index contributed by atoms with van der Waals surface area (Å²) in [5, 5.41) is 0. The monoisotopic (exact) mass is 292 g/mol. The van der Waals surface area contributed by atoms with Crippen LogP contribution in [0.3, 0.4) is 0 Å². The highest BCUT2D eigenvalue weighted by Crippen LogP contribution is 2.46. The summed E-state index contributed by atoms with van der Waals surface area (Å²) in [6.45, 7) is -0.400. The zero-order valence-electron chi connectivity index (χ0n) is 12.0. The highest BCUT2D eigenvalue weighted by molar-refractivity contribution is 6.11. The predicted octanol–water partition coefficient (Wildman–Crippen LogP) is 1.94. The minimum Gasteiger partial charge on any atom is -0.460 e. The molecule has 0 aromatic heterocycles. The molecule has 5 nitrogen and oxygen atoms in total. The third kappa shape index (κ3) is 2.61. The van der Waals surface area contributed by atoms with Gasteiger partial charge in [0.2, 0.25) is 0 Å². The quantitative estimate of drug-likeness (QED) is 0.450. The average molecular weight is 292 g/mol. The molecule has 0 aromatic carbocycles. The Balaban J connectivity index is 1.48. The van der Waals surface area contributed by atoms with E-state index in [2.05, 4.69) is 0 Å². The second-order valence-electron chi connectivity index (χ2n) is 6.17. The van der Waals surface area contributed by atoms with E-state index in [0.29, 0.717) is 12.8 Å². The van der Waals surface area contributed by atoms with Gasteiger partial charge in [0.15, 0.2) is 12.4 Å². The van der Waals surface area contributed by atoms with E-state index in [1.54, 1.807) is 12.2 Å². The molecule has 0 aromatic rings. The first-order valence-electron chi connectivity index (χ1n) is 7.72. The molecule has 2 fully saturated rings. The summed E-state index contributed by atoms with van der Waals surface area (Å²) in [7, 11) is 0. The Hall–Kier alpha value is -1.65. The van der Waals surface area contributed by atoms with Crippen LogP contribution in [-0.2, 0) is 23.9 Å². The van der Waals surface area contributed by atoms with Gasteiger partial charge < -0.3 is 9.47 Å². The van der Waals surface area contributed by atoms with Gasteiger partial charge in [-0.2, -0.15) is 0 Å². The fourth-order valence-electron chi connectivity index (χ4n) is 3.52. The van der Waals surface area contributed by atoms with Crippen LogP contribution in [0, 0.1) is 11.3 Å². The van der Waals surface area contributed by atoms with Crippen molar-refractivity contribution >= 4 is 17.7 Å². The van der Waals surface area contributed by atoms with Gasteiger partial charge in [-0.15, -0.1) is 0 Å². The Morgan fingerprint density at radius 1 is 1.19 bits per heavy atom. The van der Waals surface area contributed by atoms with Gasteiger partial charge in [-0.25, -0.2) is 4.79 Å². The summed E-state index contributed by atoms with van der Waals surface area (Å²) >= 11 is 0. The van der Waals surface area contributed by atoms with Crippen molar-refractivity contribution in [3.8, 4) is 0 Å². The lowest BCUT2D eigenvalue weighted by atomic mass is 9.87. The van der Waals surface area contributed by atoms with E-state index in [1.807, 2.05) is 0 Å². The van der Waals surface area contributed by atoms with Crippen LogP contribution in [0.4, 0.5) is 0 Å². The molecule has 3 rings (SSSR count). The first-order valence-corrected chi connectivity index (χ1v) is 7.72. The molecular formula is C16H20O5. The Morgan fingerprint density at radius 3 is 2.52 bits per heavy atom. The number of fused-ring (bicyclic) bond motifs is 2. The maximum Gasteiger partial charge on any atom is 0.344 e. The molecule has 3 aliphatic carbocycles. The molecule has 0 N–H and O–H groups in total. The minimum absolute atomic E-state index is 0.0491. The number of Topliss-reactive ketones (excluding diaryl/α,β-unsaturated/α-hetero) is 1. The molecule has 21 heavy (non-hydrogen) atoms. The van der Waals surface area contributed by atoms with Gasteiger partial charge in [0.1, 0.15) is 11.5 Å². The number of ether oxygens (including phenoxy) is 2. The zero-order chi connectivity index (χ0) is 14.9. The summed E-state index contributed by atoms with van der Waals surface area (Å²) < 4.78 is 10.3. The van der Waals surface area contributed by atoms with Gasteiger partial charge in [-0.1, -0.05) is 18.6 Å². The number of hydrogen-bond acceptors (Lipinski definition) is 5. The third-order valence-electron chi connectivity index (χ3n) is 4.77. The van der Waals surface area contributed by atoms with Crippen LogP contribution >= 0.6 is 0 Å². The molecule has 2 atom stereocenters. The molecule has 5 heteroatoms. The molecule has 0 aliphatic heterocycles. The van der Waals surface area contributed by atoms with Gasteiger partial charge >= 0.3 is 11.9 Å². The lowest BCUT2D eigenvalue weighted by Gasteiger charge is -2.22. The standard InChI is InChI=1S/C16H20O5/c17-13(21-12-4-2-1-3-5-12)10-20-15(19)16-8-6-11(7-9-16)14(16)18/h6,8,11-12H,1-5,7,9-10H2. The summed E-state index contributed by atoms with van der Waals surface area (Å²) in [6.07, 6.45) is 9.63. The van der Waals surface area contributed by atoms with Gasteiger partial charge in [-0.3, -0.25) is 9.59 Å². The number of carbonyl (C=O) groups excluding carboxylic acids is 3. The molecule has 2 saturated carbocycles. The van der Waals surface area contributed by atoms with E-state index in [1.165, 1.54) is 6.42 Å². The van der Waals surface area contributed by atoms with Crippen LogP contribution in [0.2, 0.25) is 0 Å². The fourth-order valence-corrected chi connectivity index (χ4v) is 3.52. The SMILES string of the molecule is O=C(COC(=O)C12C=CC(CC1)C2=O)OC1CCCCC1. The molecule has 0 spiro atoms. The molecule has 0 heterocycles. The maximum atomic E-state index is 12.1. The Kier molecular flexibility index (Phi) is 3.83. The second kappa shape index (κ2) is 5.62. The smallest absolute Gasteiger partial charge is 0.344 e. The van der Waals surface area contributed by atoms with Crippen LogP contribution in [0.1, 0.15) is 44.9 Å². The Morgan fingerprint density at radius 2 is 1.95 bits per heavy atom. The van der Waals surface area contributed by atoms with Gasteiger partial charge in [0.25, 0.3) is 0 Å². The van der Waals surface area contributed by atoms with Crippen molar-refractivity contribution in [2.24, 2.45) is 11.3 Å². The zero-order valence-corrected chi connectivity index (χ0v) is 12.0. The van der Waals surface area contributed by atoms with Crippen LogP contribution in [0.15, 0.2) is 12.2 Å². The molecule has 0 amide bonds. The van der Waals surface area contributed by atoms with Crippen molar-refractivity contribution in [2.75, 3.05) is 6.61 Å². The molecule has 3 aliphatic rings. The van der Waals surface area contributed by atoms with Crippen molar-refractivity contribution < 1.29 is 23.9 Å². The number of carbonyl (C=O) groups is 3. The maximum absolute atomic E-state index is 12.1. The van der Waals surface area contributed by atoms with E-state index < -0.39 is 24.0 Å². The Labute approximate surface area is 123 Å². The van der Waals surface area contributed by atoms with Gasteiger partial charge in [0.05, 0.1) is 0 Å². The molecule has 2 unspecified atom stereocenters. The lowest BCUT2D eigenvalue weighted by Crippen LogP contribution is -2.35. The number of hydrogen-bond donors (Lipinski definition) is 0. The van der Waals surface area contributed by atoms with Gasteiger partial charge in [0, 0.05) is 5.92 Å². The summed E-state index contributed by atoms with van der Waals surface area (Å²) in [5.74, 6) is -1.36. The van der Waals surface area contributed by atoms with Crippen LogP contribution < -0.4 is 0 Å². The van der Waals surface area contributed by atoms with Crippen LogP contribution in [-0.4, -0.2) is 30.4 Å². The van der Waals surface area contributed by atoms with Crippen molar-refractivity contribution in [1.82, 2.24) is 0 Å². The van der Waals surface area contributed by atoms with E-state index >= 15 is 0 Å². The number of allylic oxidation sites excluding steroid dienone is 1. The first-order chi connectivity index (χ1) is 10.1. The number of ketones is 1. The summed E-state index contributed by atoms with van der Waals surface area (Å²) in [5.41, 5.74) is -1.13. The van der Waals surface area contributed by atoms with E-state index in [4.69, 9.17) is 9.47 Å². The topological polar surface area (TPSA) is 69.7 Å². The van der Waals surface area contributed by atoms with E-state index in [-0.39, 0.29) is 17.8 Å². The van der Waals surface area contributed by atoms with E-state index in [0.717, 1.165) is 25.7 Å². The van der Waals surface area contributed by atoms with Crippen molar-refractivity contribution in [3.05, 3.63) is 12.2 Å². The second-order valence-corrected chi connectivity index (χ2v) is 6.17. The summed E-state index contributed by atoms with van der Waals surface area (Å²) in [4.78, 5) is 35.9. The fraction of sp³-hybridized carbons (Fsp3) is 0.688. The molecule has 0 radical (unpaired) electrons. The van der Waals surface area contributed by atoms with E-state index in [9.17, 15) is 14.4 Å². The van der Waals surface area contributed by atoms with Crippen molar-refractivity contribution in [2.45, 2.75) is 51.0 Å². The highest BCUT2D eigenvalue weighted by atomic mass is 16.6. The Bertz CT molecular complexity index is 489. The highest BCUT2D eigenvalue weighted by Gasteiger charge is 2.55. The van der Waals surface area contributed by atoms with Crippen LogP contribution in [0.25, 0.3) is 0 Å². The van der Waals surface area contributed by atoms with Crippen molar-refractivity contribution in [1.29, 1.82) is 0 Å². The number of esters is 2. The largest absolute Gasteiger partial charge is 0.460 e. The third-order valence-corrected chi connectivity index (χ3v) is 4.77. The number of rotatable bonds is 4. The van der Waals surface area contributed by atoms with Crippen LogP contribution in [0.5, 0.6) is 0 Å². The first kappa shape index (κ1) is 14.3. The molecule has 2 bridgehead atoms. The summed E-state index contributed by atoms with van der Waals surface area (Å²) in [6, 6.07) is 0. The average Bonchev–Trinajstić information content (AvgIpc) is 3.00. The lowest BCUT2D eigenvalue weighted by molar-refractivity contribution is -0.168. The van der Waals surface area contributed by atoms with Gasteiger partial charge in [-0.05, 0) is 38.5 Å².